The molecule has 5 rings (SSSR count). The Morgan fingerprint density at radius 1 is 1.14 bits per heavy atom. The summed E-state index contributed by atoms with van der Waals surface area (Å²) in [5.74, 6) is -4.79. The van der Waals surface area contributed by atoms with Crippen LogP contribution in [0.15, 0.2) is 30.5 Å². The molecular weight excluding hydrogens is 578 g/mol. The Hall–Kier alpha value is -3.76. The minimum Gasteiger partial charge on any atom is -0.479 e. The number of carboxylic acid groups (broad SMARTS) is 2. The number of aliphatic hydroxyl groups is 2. The Balaban J connectivity index is 0.000000349. The van der Waals surface area contributed by atoms with Crippen LogP contribution in [0.4, 0.5) is 8.78 Å². The molecule has 2 unspecified atom stereocenters. The number of carbonyl (C=O) groups is 3. The van der Waals surface area contributed by atoms with Gasteiger partial charge >= 0.3 is 11.9 Å². The maximum atomic E-state index is 14.5. The van der Waals surface area contributed by atoms with E-state index in [0.29, 0.717) is 13.2 Å². The number of aliphatic carboxylic acids is 2. The molecule has 0 bridgehead atoms. The third-order valence-corrected chi connectivity index (χ3v) is 8.44. The third-order valence-electron chi connectivity index (χ3n) is 7.29. The predicted molar refractivity (Wildman–Crippen MR) is 144 cm³/mol. The number of aliphatic hydroxyl groups excluding tert-OH is 2. The number of nitrogens with two attached hydrogens (primary N) is 1. The predicted octanol–water partition coefficient (Wildman–Crippen LogP) is 1.56. The fraction of sp³-hybridized carbons (Fsp3) is 0.407. The van der Waals surface area contributed by atoms with E-state index in [-0.39, 0.29) is 22.0 Å². The number of fused-ring (bicyclic) bond motifs is 2. The normalized spacial score (nSPS) is 17.5. The lowest BCUT2D eigenvalue weighted by Crippen LogP contribution is -2.45. The molecule has 1 saturated heterocycles. The highest BCUT2D eigenvalue weighted by atomic mass is 32.1. The number of halogens is 2. The molecule has 12 nitrogen and oxygen atoms in total. The number of amides is 1. The van der Waals surface area contributed by atoms with Crippen LogP contribution in [0.3, 0.4) is 0 Å². The third kappa shape index (κ3) is 6.50. The van der Waals surface area contributed by atoms with Gasteiger partial charge in [-0.05, 0) is 49.9 Å². The summed E-state index contributed by atoms with van der Waals surface area (Å²) in [6.07, 6.45) is -0.411. The highest BCUT2D eigenvalue weighted by Gasteiger charge is 2.42. The number of carboxylic acids is 2. The number of rotatable bonds is 7. The number of nitrogens with zero attached hydrogens (tertiary/aromatic N) is 3. The number of aryl methyl sites for hydroxylation is 1. The standard InChI is InChI=1S/C23H24F2N4O2S.C4H6O6/c1-14-16(13-29(27-14)20-17(22(26)30)3-2-4-18(20)24)12-28-8-6-23(7-9-28)21-15(5-10-31-23)11-19(25)32-21;5-1(3(7)8)2(6)4(9)10/h2-4,11,13H,5-10,12H2,1H3,(H2,26,30);1-2,5-6H,(H,7,8)(H,9,10). The molecule has 4 heterocycles. The zero-order valence-electron chi connectivity index (χ0n) is 22.5. The van der Waals surface area contributed by atoms with Crippen molar-refractivity contribution in [3.8, 4) is 5.69 Å². The summed E-state index contributed by atoms with van der Waals surface area (Å²) in [5, 5.41) is 36.8. The first-order valence-electron chi connectivity index (χ1n) is 12.9. The fourth-order valence-electron chi connectivity index (χ4n) is 5.06. The first-order chi connectivity index (χ1) is 19.8. The van der Waals surface area contributed by atoms with Crippen molar-refractivity contribution in [2.45, 2.75) is 50.5 Å². The average Bonchev–Trinajstić information content (AvgIpc) is 3.51. The number of primary amides is 1. The van der Waals surface area contributed by atoms with Gasteiger partial charge in [0.15, 0.2) is 17.3 Å². The smallest absolute Gasteiger partial charge is 0.335 e. The van der Waals surface area contributed by atoms with E-state index in [1.807, 2.05) is 6.92 Å². The van der Waals surface area contributed by atoms with Gasteiger partial charge in [0.25, 0.3) is 5.91 Å². The molecule has 0 saturated carbocycles. The van der Waals surface area contributed by atoms with Crippen molar-refractivity contribution in [1.82, 2.24) is 14.7 Å². The second kappa shape index (κ2) is 12.6. The van der Waals surface area contributed by atoms with E-state index in [2.05, 4.69) is 10.00 Å². The highest BCUT2D eigenvalue weighted by molar-refractivity contribution is 7.10. The van der Waals surface area contributed by atoms with Crippen molar-refractivity contribution in [2.75, 3.05) is 19.7 Å². The molecule has 15 heteroatoms. The lowest BCUT2D eigenvalue weighted by atomic mass is 9.85. The summed E-state index contributed by atoms with van der Waals surface area (Å²) in [6.45, 7) is 4.74. The van der Waals surface area contributed by atoms with E-state index < -0.39 is 35.9 Å². The van der Waals surface area contributed by atoms with Crippen molar-refractivity contribution in [1.29, 1.82) is 0 Å². The summed E-state index contributed by atoms with van der Waals surface area (Å²) in [4.78, 5) is 34.7. The van der Waals surface area contributed by atoms with Crippen LogP contribution < -0.4 is 5.73 Å². The second-order valence-electron chi connectivity index (χ2n) is 10.0. The molecule has 2 aromatic heterocycles. The summed E-state index contributed by atoms with van der Waals surface area (Å²) in [6, 6.07) is 5.89. The van der Waals surface area contributed by atoms with Gasteiger partial charge in [-0.3, -0.25) is 9.69 Å². The molecule has 2 aliphatic rings. The van der Waals surface area contributed by atoms with Gasteiger partial charge in [-0.1, -0.05) is 6.07 Å². The summed E-state index contributed by atoms with van der Waals surface area (Å²) >= 11 is 1.21. The van der Waals surface area contributed by atoms with Crippen LogP contribution in [0.1, 0.15) is 44.9 Å². The van der Waals surface area contributed by atoms with Gasteiger partial charge in [-0.2, -0.15) is 9.49 Å². The number of hydrogen-bond acceptors (Lipinski definition) is 9. The van der Waals surface area contributed by atoms with Crippen molar-refractivity contribution in [2.24, 2.45) is 5.73 Å². The van der Waals surface area contributed by atoms with Crippen LogP contribution in [0.2, 0.25) is 0 Å². The molecule has 0 aliphatic carbocycles. The Labute approximate surface area is 242 Å². The van der Waals surface area contributed by atoms with Crippen molar-refractivity contribution < 1.29 is 48.3 Å². The maximum absolute atomic E-state index is 14.5. The fourth-order valence-corrected chi connectivity index (χ4v) is 6.19. The molecule has 2 aliphatic heterocycles. The van der Waals surface area contributed by atoms with Gasteiger partial charge in [-0.25, -0.2) is 18.7 Å². The minimum absolute atomic E-state index is 0.0646. The Kier molecular flexibility index (Phi) is 9.37. The van der Waals surface area contributed by atoms with Crippen LogP contribution in [-0.2, 0) is 32.9 Å². The van der Waals surface area contributed by atoms with Crippen LogP contribution in [-0.4, -0.2) is 84.9 Å². The zero-order chi connectivity index (χ0) is 30.8. The van der Waals surface area contributed by atoms with E-state index >= 15 is 0 Å². The van der Waals surface area contributed by atoms with E-state index in [4.69, 9.17) is 30.9 Å². The monoisotopic (exact) mass is 608 g/mol. The first kappa shape index (κ1) is 31.2. The number of benzene rings is 1. The van der Waals surface area contributed by atoms with Crippen LogP contribution >= 0.6 is 11.3 Å². The Morgan fingerprint density at radius 2 is 1.79 bits per heavy atom. The number of ether oxygens (including phenoxy) is 1. The summed E-state index contributed by atoms with van der Waals surface area (Å²) < 4.78 is 36.0. The molecule has 3 aromatic rings. The SMILES string of the molecule is Cc1nn(-c2c(F)cccc2C(N)=O)cc1CN1CCC2(CC1)OCCc1cc(F)sc12.O=C(O)C(O)C(O)C(=O)O. The van der Waals surface area contributed by atoms with E-state index in [0.717, 1.165) is 54.0 Å². The topological polar surface area (TPSA) is 188 Å². The number of piperidine rings is 1. The first-order valence-corrected chi connectivity index (χ1v) is 13.7. The number of likely N-dealkylation sites (tertiary alicyclic amines) is 1. The molecule has 2 atom stereocenters. The van der Waals surface area contributed by atoms with Gasteiger partial charge in [0, 0.05) is 36.3 Å². The molecule has 6 N–H and O–H groups in total. The van der Waals surface area contributed by atoms with Gasteiger partial charge in [0.05, 0.1) is 17.9 Å². The lowest BCUT2D eigenvalue weighted by molar-refractivity contribution is -0.165. The molecule has 1 amide bonds. The summed E-state index contributed by atoms with van der Waals surface area (Å²) in [5.41, 5.74) is 8.00. The number of para-hydroxylation sites is 1. The maximum Gasteiger partial charge on any atom is 0.335 e. The Bertz CT molecular complexity index is 1470. The zero-order valence-corrected chi connectivity index (χ0v) is 23.3. The number of carbonyl (C=O) groups excluding carboxylic acids is 1. The molecule has 0 radical (unpaired) electrons. The molecule has 226 valence electrons. The van der Waals surface area contributed by atoms with Crippen LogP contribution in [0, 0.1) is 17.9 Å². The van der Waals surface area contributed by atoms with E-state index in [1.54, 1.807) is 12.3 Å². The molecule has 42 heavy (non-hydrogen) atoms. The average molecular weight is 609 g/mol. The van der Waals surface area contributed by atoms with Crippen molar-refractivity contribution in [3.05, 3.63) is 68.7 Å². The van der Waals surface area contributed by atoms with E-state index in [1.165, 1.54) is 34.2 Å². The Morgan fingerprint density at radius 3 is 2.38 bits per heavy atom. The number of hydrogen-bond donors (Lipinski definition) is 5. The number of thiophene rings is 1. The second-order valence-corrected chi connectivity index (χ2v) is 11.0. The lowest BCUT2D eigenvalue weighted by Gasteiger charge is -2.43. The molecular formula is C27H30F2N4O8S. The van der Waals surface area contributed by atoms with Gasteiger partial charge in [0.1, 0.15) is 17.1 Å². The minimum atomic E-state index is -2.27. The summed E-state index contributed by atoms with van der Waals surface area (Å²) in [7, 11) is 0. The van der Waals surface area contributed by atoms with Crippen molar-refractivity contribution in [3.63, 3.8) is 0 Å². The van der Waals surface area contributed by atoms with E-state index in [9.17, 15) is 23.2 Å². The number of aromatic nitrogens is 2. The molecule has 1 fully saturated rings. The van der Waals surface area contributed by atoms with Crippen molar-refractivity contribution >= 4 is 29.2 Å². The van der Waals surface area contributed by atoms with Gasteiger partial charge in [-0.15, -0.1) is 11.3 Å². The van der Waals surface area contributed by atoms with Crippen LogP contribution in [0.5, 0.6) is 0 Å². The van der Waals surface area contributed by atoms with Gasteiger partial charge in [0.2, 0.25) is 0 Å². The van der Waals surface area contributed by atoms with Gasteiger partial charge < -0.3 is 30.9 Å². The molecule has 1 spiro atoms. The molecule has 1 aromatic carbocycles. The van der Waals surface area contributed by atoms with Crippen LogP contribution in [0.25, 0.3) is 5.69 Å². The quantitative estimate of drug-likeness (QED) is 0.263. The highest BCUT2D eigenvalue weighted by Crippen LogP contribution is 2.45. The largest absolute Gasteiger partial charge is 0.479 e.